The van der Waals surface area contributed by atoms with Gasteiger partial charge in [0.15, 0.2) is 0 Å². The molecule has 1 amide bonds. The fraction of sp³-hybridized carbons (Fsp3) is 0.192. The molecule has 1 aliphatic rings. The van der Waals surface area contributed by atoms with Gasteiger partial charge >= 0.3 is 0 Å². The fourth-order valence-electron chi connectivity index (χ4n) is 3.88. The molecule has 0 saturated heterocycles. The Balaban J connectivity index is 1.67. The van der Waals surface area contributed by atoms with Gasteiger partial charge in [0, 0.05) is 11.3 Å². The normalized spacial score (nSPS) is 17.5. The highest BCUT2D eigenvalue weighted by atomic mass is 16.2. The molecule has 4 rings (SSSR count). The van der Waals surface area contributed by atoms with Crippen LogP contribution in [0.4, 0.5) is 5.69 Å². The summed E-state index contributed by atoms with van der Waals surface area (Å²) in [7, 11) is 0. The quantitative estimate of drug-likeness (QED) is 0.525. The second-order valence-corrected chi connectivity index (χ2v) is 7.57. The number of carbonyl (C=O) groups is 1. The standard InChI is InChI=1S/C26H25NO/c1-19-13-15-24(16-14-19)27-25(22-11-7-4-8-12-22)18-23(26(27)28)17-20(2)21-9-5-3-6-10-21/h3-16,18,20,25H,17H2,1-2H3/t20-,25+/m0/s1. The molecule has 2 atom stereocenters. The summed E-state index contributed by atoms with van der Waals surface area (Å²) in [6.45, 7) is 4.25. The van der Waals surface area contributed by atoms with Crippen molar-refractivity contribution < 1.29 is 4.79 Å². The average molecular weight is 367 g/mol. The van der Waals surface area contributed by atoms with Crippen LogP contribution in [0.15, 0.2) is 96.6 Å². The predicted molar refractivity (Wildman–Crippen MR) is 115 cm³/mol. The summed E-state index contributed by atoms with van der Waals surface area (Å²) < 4.78 is 0. The van der Waals surface area contributed by atoms with Gasteiger partial charge in [-0.25, -0.2) is 0 Å². The van der Waals surface area contributed by atoms with Gasteiger partial charge in [0.05, 0.1) is 6.04 Å². The maximum atomic E-state index is 13.4. The highest BCUT2D eigenvalue weighted by molar-refractivity contribution is 6.09. The van der Waals surface area contributed by atoms with Gasteiger partial charge in [-0.3, -0.25) is 9.69 Å². The molecular formula is C26H25NO. The van der Waals surface area contributed by atoms with Crippen LogP contribution < -0.4 is 4.90 Å². The Morgan fingerprint density at radius 1 is 0.857 bits per heavy atom. The van der Waals surface area contributed by atoms with Crippen molar-refractivity contribution in [2.45, 2.75) is 32.2 Å². The van der Waals surface area contributed by atoms with Crippen LogP contribution in [-0.4, -0.2) is 5.91 Å². The molecule has 140 valence electrons. The molecule has 2 heteroatoms. The molecule has 0 fully saturated rings. The van der Waals surface area contributed by atoms with E-state index >= 15 is 0 Å². The molecule has 0 unspecified atom stereocenters. The van der Waals surface area contributed by atoms with Crippen LogP contribution in [0.3, 0.4) is 0 Å². The number of anilines is 1. The lowest BCUT2D eigenvalue weighted by molar-refractivity contribution is -0.115. The van der Waals surface area contributed by atoms with E-state index in [1.54, 1.807) is 0 Å². The summed E-state index contributed by atoms with van der Waals surface area (Å²) >= 11 is 0. The lowest BCUT2D eigenvalue weighted by Gasteiger charge is -2.25. The van der Waals surface area contributed by atoms with Gasteiger partial charge in [-0.2, -0.15) is 0 Å². The zero-order valence-corrected chi connectivity index (χ0v) is 16.4. The highest BCUT2D eigenvalue weighted by Crippen LogP contribution is 2.38. The lowest BCUT2D eigenvalue weighted by atomic mass is 9.93. The number of nitrogens with zero attached hydrogens (tertiary/aromatic N) is 1. The fourth-order valence-corrected chi connectivity index (χ4v) is 3.88. The summed E-state index contributed by atoms with van der Waals surface area (Å²) in [6, 6.07) is 28.8. The lowest BCUT2D eigenvalue weighted by Crippen LogP contribution is -2.29. The van der Waals surface area contributed by atoms with Gasteiger partial charge in [-0.15, -0.1) is 0 Å². The third kappa shape index (κ3) is 3.63. The van der Waals surface area contributed by atoms with E-state index in [9.17, 15) is 4.79 Å². The van der Waals surface area contributed by atoms with Gasteiger partial charge in [0.2, 0.25) is 0 Å². The Morgan fingerprint density at radius 3 is 2.11 bits per heavy atom. The summed E-state index contributed by atoms with van der Waals surface area (Å²) in [6.07, 6.45) is 2.89. The van der Waals surface area contributed by atoms with Crippen LogP contribution in [-0.2, 0) is 4.79 Å². The van der Waals surface area contributed by atoms with Crippen molar-refractivity contribution in [3.8, 4) is 0 Å². The number of hydrogen-bond donors (Lipinski definition) is 0. The number of benzene rings is 3. The zero-order chi connectivity index (χ0) is 19.5. The Kier molecular flexibility index (Phi) is 5.12. The largest absolute Gasteiger partial charge is 0.298 e. The van der Waals surface area contributed by atoms with Crippen molar-refractivity contribution >= 4 is 11.6 Å². The second-order valence-electron chi connectivity index (χ2n) is 7.57. The maximum absolute atomic E-state index is 13.4. The second kappa shape index (κ2) is 7.85. The minimum atomic E-state index is -0.0608. The van der Waals surface area contributed by atoms with Gasteiger partial charge in [-0.1, -0.05) is 85.3 Å². The van der Waals surface area contributed by atoms with Crippen molar-refractivity contribution in [2.75, 3.05) is 4.90 Å². The average Bonchev–Trinajstić information content (AvgIpc) is 3.06. The van der Waals surface area contributed by atoms with Crippen molar-refractivity contribution in [1.82, 2.24) is 0 Å². The molecule has 28 heavy (non-hydrogen) atoms. The molecule has 3 aromatic rings. The highest BCUT2D eigenvalue weighted by Gasteiger charge is 2.34. The summed E-state index contributed by atoms with van der Waals surface area (Å²) in [4.78, 5) is 15.3. The van der Waals surface area contributed by atoms with E-state index in [1.165, 1.54) is 11.1 Å². The zero-order valence-electron chi connectivity index (χ0n) is 16.4. The number of amides is 1. The minimum absolute atomic E-state index is 0.0608. The molecule has 1 heterocycles. The van der Waals surface area contributed by atoms with Crippen LogP contribution in [0.5, 0.6) is 0 Å². The van der Waals surface area contributed by atoms with Crippen molar-refractivity contribution in [3.63, 3.8) is 0 Å². The van der Waals surface area contributed by atoms with Crippen LogP contribution in [0, 0.1) is 6.92 Å². The monoisotopic (exact) mass is 367 g/mol. The molecule has 0 aromatic heterocycles. The molecule has 3 aromatic carbocycles. The smallest absolute Gasteiger partial charge is 0.254 e. The molecule has 0 saturated carbocycles. The minimum Gasteiger partial charge on any atom is -0.298 e. The van der Waals surface area contributed by atoms with Gasteiger partial charge in [0.1, 0.15) is 0 Å². The molecule has 0 spiro atoms. The molecular weight excluding hydrogens is 342 g/mol. The number of rotatable bonds is 5. The Bertz CT molecular complexity index is 974. The molecule has 0 N–H and O–H groups in total. The van der Waals surface area contributed by atoms with Crippen LogP contribution in [0.2, 0.25) is 0 Å². The number of aryl methyl sites for hydroxylation is 1. The first-order valence-corrected chi connectivity index (χ1v) is 9.84. The van der Waals surface area contributed by atoms with Crippen LogP contribution in [0.1, 0.15) is 42.0 Å². The van der Waals surface area contributed by atoms with Crippen molar-refractivity contribution in [2.24, 2.45) is 0 Å². The Labute approximate surface area is 167 Å². The van der Waals surface area contributed by atoms with E-state index in [0.29, 0.717) is 5.92 Å². The van der Waals surface area contributed by atoms with Crippen molar-refractivity contribution in [1.29, 1.82) is 0 Å². The Hall–Kier alpha value is -3.13. The van der Waals surface area contributed by atoms with Crippen LogP contribution in [0.25, 0.3) is 0 Å². The number of hydrogen-bond acceptors (Lipinski definition) is 1. The summed E-state index contributed by atoms with van der Waals surface area (Å²) in [5, 5.41) is 0. The molecule has 0 bridgehead atoms. The Morgan fingerprint density at radius 2 is 1.46 bits per heavy atom. The van der Waals surface area contributed by atoms with E-state index in [0.717, 1.165) is 23.2 Å². The first kappa shape index (κ1) is 18.2. The van der Waals surface area contributed by atoms with E-state index in [2.05, 4.69) is 68.5 Å². The summed E-state index contributed by atoms with van der Waals surface area (Å²) in [5.41, 5.74) is 5.44. The topological polar surface area (TPSA) is 20.3 Å². The molecule has 0 aliphatic carbocycles. The SMILES string of the molecule is Cc1ccc(N2C(=O)C(C[C@H](C)c3ccccc3)=C[C@@H]2c2ccccc2)cc1. The molecule has 1 aliphatic heterocycles. The summed E-state index contributed by atoms with van der Waals surface area (Å²) in [5.74, 6) is 0.409. The van der Waals surface area contributed by atoms with E-state index in [1.807, 2.05) is 41.3 Å². The third-order valence-corrected chi connectivity index (χ3v) is 5.48. The number of carbonyl (C=O) groups excluding carboxylic acids is 1. The third-order valence-electron chi connectivity index (χ3n) is 5.48. The first-order valence-electron chi connectivity index (χ1n) is 9.84. The van der Waals surface area contributed by atoms with Gasteiger partial charge < -0.3 is 0 Å². The van der Waals surface area contributed by atoms with Gasteiger partial charge in [0.25, 0.3) is 5.91 Å². The predicted octanol–water partition coefficient (Wildman–Crippen LogP) is 6.20. The van der Waals surface area contributed by atoms with Crippen molar-refractivity contribution in [3.05, 3.63) is 113 Å². The van der Waals surface area contributed by atoms with E-state index in [-0.39, 0.29) is 11.9 Å². The van der Waals surface area contributed by atoms with Crippen LogP contribution >= 0.6 is 0 Å². The van der Waals surface area contributed by atoms with Gasteiger partial charge in [-0.05, 0) is 48.6 Å². The molecule has 2 nitrogen and oxygen atoms in total. The van der Waals surface area contributed by atoms with E-state index < -0.39 is 0 Å². The first-order chi connectivity index (χ1) is 13.6. The maximum Gasteiger partial charge on any atom is 0.254 e. The molecule has 0 radical (unpaired) electrons. The van der Waals surface area contributed by atoms with E-state index in [4.69, 9.17) is 0 Å².